The molecule has 0 saturated heterocycles. The van der Waals surface area contributed by atoms with Crippen LogP contribution in [0.1, 0.15) is 38.1 Å². The predicted molar refractivity (Wildman–Crippen MR) is 104 cm³/mol. The minimum Gasteiger partial charge on any atom is -0.347 e. The molecule has 0 amide bonds. The standard InChI is InChI=1S/C21H22N4O/c1-5-25-12-15(13-8-6-7-9-17(13)25)16-11-23-20-18(24-16)14(10-22-20)19(26)21(2,3)4/h6-12H,5H2,1-4H3,(H,22,23). The summed E-state index contributed by atoms with van der Waals surface area (Å²) >= 11 is 0. The van der Waals surface area contributed by atoms with Crippen LogP contribution in [0.2, 0.25) is 0 Å². The van der Waals surface area contributed by atoms with E-state index in [1.807, 2.05) is 32.9 Å². The van der Waals surface area contributed by atoms with Crippen molar-refractivity contribution in [2.75, 3.05) is 0 Å². The summed E-state index contributed by atoms with van der Waals surface area (Å²) in [6, 6.07) is 8.28. The van der Waals surface area contributed by atoms with Gasteiger partial charge in [-0.05, 0) is 13.0 Å². The van der Waals surface area contributed by atoms with Crippen LogP contribution in [0, 0.1) is 5.41 Å². The monoisotopic (exact) mass is 346 g/mol. The molecule has 0 bridgehead atoms. The number of benzene rings is 1. The van der Waals surface area contributed by atoms with Crippen LogP contribution in [0.15, 0.2) is 42.9 Å². The quantitative estimate of drug-likeness (QED) is 0.541. The maximum absolute atomic E-state index is 12.8. The number of H-pyrrole nitrogens is 1. The Labute approximate surface area is 152 Å². The van der Waals surface area contributed by atoms with Gasteiger partial charge < -0.3 is 9.55 Å². The van der Waals surface area contributed by atoms with Gasteiger partial charge in [0.15, 0.2) is 11.4 Å². The van der Waals surface area contributed by atoms with Gasteiger partial charge in [0.05, 0.1) is 17.5 Å². The summed E-state index contributed by atoms with van der Waals surface area (Å²) in [5.74, 6) is 0.0613. The van der Waals surface area contributed by atoms with Crippen molar-refractivity contribution in [3.8, 4) is 11.3 Å². The highest BCUT2D eigenvalue weighted by atomic mass is 16.1. The van der Waals surface area contributed by atoms with Crippen molar-refractivity contribution in [2.45, 2.75) is 34.2 Å². The van der Waals surface area contributed by atoms with Crippen molar-refractivity contribution in [1.29, 1.82) is 0 Å². The first-order valence-electron chi connectivity index (χ1n) is 8.87. The highest BCUT2D eigenvalue weighted by Gasteiger charge is 2.26. The number of nitrogens with one attached hydrogen (secondary N) is 1. The zero-order chi connectivity index (χ0) is 18.5. The van der Waals surface area contributed by atoms with Crippen molar-refractivity contribution < 1.29 is 4.79 Å². The van der Waals surface area contributed by atoms with Gasteiger partial charge in [0.1, 0.15) is 5.52 Å². The van der Waals surface area contributed by atoms with Crippen molar-refractivity contribution in [1.82, 2.24) is 19.5 Å². The van der Waals surface area contributed by atoms with E-state index in [0.29, 0.717) is 16.7 Å². The summed E-state index contributed by atoms with van der Waals surface area (Å²) in [4.78, 5) is 25.1. The van der Waals surface area contributed by atoms with E-state index in [4.69, 9.17) is 4.98 Å². The molecule has 0 spiro atoms. The average Bonchev–Trinajstić information content (AvgIpc) is 3.21. The predicted octanol–water partition coefficient (Wildman–Crippen LogP) is 4.83. The van der Waals surface area contributed by atoms with Crippen LogP contribution >= 0.6 is 0 Å². The van der Waals surface area contributed by atoms with E-state index >= 15 is 0 Å². The molecule has 1 aromatic carbocycles. The molecule has 132 valence electrons. The largest absolute Gasteiger partial charge is 0.347 e. The smallest absolute Gasteiger partial charge is 0.171 e. The summed E-state index contributed by atoms with van der Waals surface area (Å²) < 4.78 is 2.20. The molecule has 5 nitrogen and oxygen atoms in total. The molecule has 0 aliphatic rings. The first-order valence-corrected chi connectivity index (χ1v) is 8.87. The zero-order valence-electron chi connectivity index (χ0n) is 15.5. The Morgan fingerprint density at radius 3 is 2.73 bits per heavy atom. The van der Waals surface area contributed by atoms with E-state index in [1.165, 1.54) is 5.52 Å². The number of ketones is 1. The lowest BCUT2D eigenvalue weighted by Crippen LogP contribution is -2.20. The molecule has 3 aromatic heterocycles. The second-order valence-electron chi connectivity index (χ2n) is 7.58. The molecule has 0 unspecified atom stereocenters. The molecule has 26 heavy (non-hydrogen) atoms. The number of hydrogen-bond acceptors (Lipinski definition) is 3. The van der Waals surface area contributed by atoms with Crippen LogP contribution < -0.4 is 0 Å². The number of rotatable bonds is 3. The summed E-state index contributed by atoms with van der Waals surface area (Å²) in [7, 11) is 0. The Morgan fingerprint density at radius 2 is 2.00 bits per heavy atom. The molecule has 0 saturated carbocycles. The lowest BCUT2D eigenvalue weighted by Gasteiger charge is -2.15. The second-order valence-corrected chi connectivity index (χ2v) is 7.58. The molecule has 5 heteroatoms. The number of carbonyl (C=O) groups is 1. The topological polar surface area (TPSA) is 63.6 Å². The summed E-state index contributed by atoms with van der Waals surface area (Å²) in [6.07, 6.45) is 5.60. The van der Waals surface area contributed by atoms with Crippen LogP contribution in [0.4, 0.5) is 0 Å². The Kier molecular flexibility index (Phi) is 3.68. The van der Waals surface area contributed by atoms with E-state index in [-0.39, 0.29) is 5.78 Å². The maximum Gasteiger partial charge on any atom is 0.171 e. The molecule has 4 rings (SSSR count). The number of para-hydroxylation sites is 1. The number of aromatic amines is 1. The second kappa shape index (κ2) is 5.80. The number of nitrogens with zero attached hydrogens (tertiary/aromatic N) is 3. The van der Waals surface area contributed by atoms with Gasteiger partial charge in [0.2, 0.25) is 0 Å². The van der Waals surface area contributed by atoms with E-state index in [1.54, 1.807) is 12.4 Å². The molecule has 0 fully saturated rings. The lowest BCUT2D eigenvalue weighted by atomic mass is 9.87. The third kappa shape index (κ3) is 2.51. The number of Topliss-reactive ketones (excluding diaryl/α,β-unsaturated/α-hetero) is 1. The number of aryl methyl sites for hydroxylation is 1. The Hall–Kier alpha value is -2.95. The molecule has 0 atom stereocenters. The fourth-order valence-corrected chi connectivity index (χ4v) is 3.31. The Morgan fingerprint density at radius 1 is 1.23 bits per heavy atom. The van der Waals surface area contributed by atoms with Crippen molar-refractivity contribution in [3.05, 3.63) is 48.4 Å². The minimum atomic E-state index is -0.467. The third-order valence-corrected chi connectivity index (χ3v) is 4.71. The molecule has 1 N–H and O–H groups in total. The summed E-state index contributed by atoms with van der Waals surface area (Å²) in [6.45, 7) is 8.76. The van der Waals surface area contributed by atoms with Crippen LogP contribution in [-0.4, -0.2) is 25.3 Å². The lowest BCUT2D eigenvalue weighted by molar-refractivity contribution is 0.0860. The van der Waals surface area contributed by atoms with E-state index < -0.39 is 5.41 Å². The Balaban J connectivity index is 1.93. The molecule has 0 aliphatic heterocycles. The maximum atomic E-state index is 12.8. The number of hydrogen-bond donors (Lipinski definition) is 1. The van der Waals surface area contributed by atoms with Gasteiger partial charge in [-0.1, -0.05) is 39.0 Å². The van der Waals surface area contributed by atoms with Gasteiger partial charge in [-0.15, -0.1) is 0 Å². The van der Waals surface area contributed by atoms with Gasteiger partial charge in [-0.25, -0.2) is 9.97 Å². The van der Waals surface area contributed by atoms with E-state index in [9.17, 15) is 4.79 Å². The van der Waals surface area contributed by atoms with Crippen molar-refractivity contribution >= 4 is 27.9 Å². The zero-order valence-corrected chi connectivity index (χ0v) is 15.5. The van der Waals surface area contributed by atoms with Crippen molar-refractivity contribution in [2.24, 2.45) is 5.41 Å². The number of carbonyl (C=O) groups excluding carboxylic acids is 1. The minimum absolute atomic E-state index is 0.0613. The normalized spacial score (nSPS) is 12.2. The van der Waals surface area contributed by atoms with Crippen LogP contribution in [0.25, 0.3) is 33.3 Å². The van der Waals surface area contributed by atoms with Crippen LogP contribution in [0.3, 0.4) is 0 Å². The first kappa shape index (κ1) is 16.5. The van der Waals surface area contributed by atoms with E-state index in [0.717, 1.165) is 23.2 Å². The highest BCUT2D eigenvalue weighted by molar-refractivity contribution is 6.08. The van der Waals surface area contributed by atoms with Gasteiger partial charge in [0.25, 0.3) is 0 Å². The fraction of sp³-hybridized carbons (Fsp3) is 0.286. The van der Waals surface area contributed by atoms with Gasteiger partial charge in [-0.3, -0.25) is 4.79 Å². The average molecular weight is 346 g/mol. The van der Waals surface area contributed by atoms with Crippen LogP contribution in [0.5, 0.6) is 0 Å². The molecule has 3 heterocycles. The summed E-state index contributed by atoms with van der Waals surface area (Å²) in [5.41, 5.74) is 4.39. The van der Waals surface area contributed by atoms with Gasteiger partial charge in [-0.2, -0.15) is 0 Å². The highest BCUT2D eigenvalue weighted by Crippen LogP contribution is 2.31. The van der Waals surface area contributed by atoms with Gasteiger partial charge in [0, 0.05) is 40.8 Å². The molecular weight excluding hydrogens is 324 g/mol. The van der Waals surface area contributed by atoms with Crippen LogP contribution in [-0.2, 0) is 6.54 Å². The number of aromatic nitrogens is 4. The molecular formula is C21H22N4O. The molecule has 4 aromatic rings. The molecule has 0 aliphatic carbocycles. The van der Waals surface area contributed by atoms with E-state index in [2.05, 4.69) is 39.8 Å². The van der Waals surface area contributed by atoms with Crippen molar-refractivity contribution in [3.63, 3.8) is 0 Å². The summed E-state index contributed by atoms with van der Waals surface area (Å²) in [5, 5.41) is 1.14. The SMILES string of the molecule is CCn1cc(-c2cnc3[nH]cc(C(=O)C(C)(C)C)c3n2)c2ccccc21. The third-order valence-electron chi connectivity index (χ3n) is 4.71. The Bertz CT molecular complexity index is 1130. The fourth-order valence-electron chi connectivity index (χ4n) is 3.31. The first-order chi connectivity index (χ1) is 12.4. The number of fused-ring (bicyclic) bond motifs is 2. The molecule has 0 radical (unpaired) electrons. The van der Waals surface area contributed by atoms with Gasteiger partial charge >= 0.3 is 0 Å².